The first-order valence-corrected chi connectivity index (χ1v) is 9.57. The molecule has 6 nitrogen and oxygen atoms in total. The largest absolute Gasteiger partial charge is 0.382 e. The van der Waals surface area contributed by atoms with Crippen LogP contribution in [0, 0.1) is 5.92 Å². The lowest BCUT2D eigenvalue weighted by atomic mass is 9.93. The average molecular weight is 360 g/mol. The molecular formula is C21H24N6. The van der Waals surface area contributed by atoms with Crippen molar-refractivity contribution in [1.29, 1.82) is 0 Å². The van der Waals surface area contributed by atoms with Crippen LogP contribution < -0.4 is 5.73 Å². The van der Waals surface area contributed by atoms with E-state index in [1.165, 1.54) is 5.56 Å². The Morgan fingerprint density at radius 1 is 1.19 bits per heavy atom. The molecule has 5 rings (SSSR count). The van der Waals surface area contributed by atoms with Gasteiger partial charge in [0, 0.05) is 30.9 Å². The maximum absolute atomic E-state index is 6.25. The molecule has 4 heterocycles. The Bertz CT molecular complexity index is 1080. The van der Waals surface area contributed by atoms with E-state index in [0.29, 0.717) is 17.8 Å². The van der Waals surface area contributed by atoms with Gasteiger partial charge in [-0.05, 0) is 30.5 Å². The lowest BCUT2D eigenvalue weighted by Crippen LogP contribution is -2.40. The van der Waals surface area contributed by atoms with Gasteiger partial charge in [-0.3, -0.25) is 9.58 Å². The first kappa shape index (κ1) is 16.3. The third kappa shape index (κ3) is 2.77. The second kappa shape index (κ2) is 6.39. The molecule has 1 aliphatic rings. The lowest BCUT2D eigenvalue weighted by molar-refractivity contribution is 0.122. The second-order valence-electron chi connectivity index (χ2n) is 7.64. The molecule has 3 N–H and O–H groups in total. The third-order valence-corrected chi connectivity index (χ3v) is 5.84. The maximum Gasteiger partial charge on any atom is 0.154 e. The molecule has 3 aromatic heterocycles. The lowest BCUT2D eigenvalue weighted by Gasteiger charge is -2.37. The molecule has 1 fully saturated rings. The van der Waals surface area contributed by atoms with Crippen molar-refractivity contribution >= 4 is 27.8 Å². The topological polar surface area (TPSA) is 75.8 Å². The number of H-pyrrole nitrogens is 1. The van der Waals surface area contributed by atoms with E-state index < -0.39 is 0 Å². The Labute approximate surface area is 158 Å². The number of hydrogen-bond donors (Lipinski definition) is 2. The number of piperidine rings is 1. The molecule has 2 atom stereocenters. The Balaban J connectivity index is 1.53. The summed E-state index contributed by atoms with van der Waals surface area (Å²) in [7, 11) is 0. The minimum Gasteiger partial charge on any atom is -0.382 e. The highest BCUT2D eigenvalue weighted by molar-refractivity contribution is 6.06. The minimum atomic E-state index is 0.294. The molecule has 27 heavy (non-hydrogen) atoms. The SMILES string of the molecule is C[C@H]1CCN(Cc2ccccc2)C[C@@H]1n1nc(N)c2cnc3[nH]ccc3c21. The summed E-state index contributed by atoms with van der Waals surface area (Å²) in [6.45, 7) is 5.38. The smallest absolute Gasteiger partial charge is 0.154 e. The highest BCUT2D eigenvalue weighted by Gasteiger charge is 2.30. The first-order valence-electron chi connectivity index (χ1n) is 9.57. The number of anilines is 1. The number of aromatic amines is 1. The molecule has 4 aromatic rings. The van der Waals surface area contributed by atoms with Crippen LogP contribution >= 0.6 is 0 Å². The van der Waals surface area contributed by atoms with E-state index in [4.69, 9.17) is 10.8 Å². The Morgan fingerprint density at radius 2 is 2.04 bits per heavy atom. The number of hydrogen-bond acceptors (Lipinski definition) is 4. The molecule has 0 saturated carbocycles. The molecule has 0 amide bonds. The molecule has 1 saturated heterocycles. The van der Waals surface area contributed by atoms with Crippen molar-refractivity contribution in [2.45, 2.75) is 25.9 Å². The van der Waals surface area contributed by atoms with Crippen molar-refractivity contribution in [3.63, 3.8) is 0 Å². The van der Waals surface area contributed by atoms with Crippen molar-refractivity contribution in [3.05, 3.63) is 54.4 Å². The van der Waals surface area contributed by atoms with Crippen LogP contribution in [-0.2, 0) is 6.54 Å². The number of nitrogen functional groups attached to an aromatic ring is 1. The number of nitrogens with two attached hydrogens (primary N) is 1. The van der Waals surface area contributed by atoms with Gasteiger partial charge in [-0.1, -0.05) is 37.3 Å². The number of rotatable bonds is 3. The summed E-state index contributed by atoms with van der Waals surface area (Å²) in [4.78, 5) is 10.2. The molecule has 138 valence electrons. The van der Waals surface area contributed by atoms with Gasteiger partial charge in [0.05, 0.1) is 16.9 Å². The molecule has 1 aliphatic heterocycles. The molecule has 0 unspecified atom stereocenters. The number of pyridine rings is 1. The van der Waals surface area contributed by atoms with E-state index in [0.717, 1.165) is 48.0 Å². The monoisotopic (exact) mass is 360 g/mol. The van der Waals surface area contributed by atoms with E-state index in [1.807, 2.05) is 12.4 Å². The summed E-state index contributed by atoms with van der Waals surface area (Å²) >= 11 is 0. The van der Waals surface area contributed by atoms with Gasteiger partial charge in [0.15, 0.2) is 5.82 Å². The van der Waals surface area contributed by atoms with Crippen molar-refractivity contribution in [2.24, 2.45) is 5.92 Å². The van der Waals surface area contributed by atoms with Gasteiger partial charge in [-0.15, -0.1) is 0 Å². The van der Waals surface area contributed by atoms with Gasteiger partial charge in [0.2, 0.25) is 0 Å². The summed E-state index contributed by atoms with van der Waals surface area (Å²) < 4.78 is 2.16. The van der Waals surface area contributed by atoms with Crippen LogP contribution in [0.2, 0.25) is 0 Å². The van der Waals surface area contributed by atoms with Gasteiger partial charge in [-0.25, -0.2) is 4.98 Å². The zero-order valence-electron chi connectivity index (χ0n) is 15.5. The van der Waals surface area contributed by atoms with E-state index in [1.54, 1.807) is 0 Å². The zero-order valence-corrected chi connectivity index (χ0v) is 15.5. The molecule has 0 radical (unpaired) electrons. The van der Waals surface area contributed by atoms with Gasteiger partial charge in [-0.2, -0.15) is 5.10 Å². The maximum atomic E-state index is 6.25. The van der Waals surface area contributed by atoms with E-state index in [2.05, 4.69) is 62.9 Å². The summed E-state index contributed by atoms with van der Waals surface area (Å²) in [6, 6.07) is 13.0. The Hall–Kier alpha value is -2.86. The fraction of sp³-hybridized carbons (Fsp3) is 0.333. The van der Waals surface area contributed by atoms with Crippen molar-refractivity contribution in [1.82, 2.24) is 24.6 Å². The third-order valence-electron chi connectivity index (χ3n) is 5.84. The van der Waals surface area contributed by atoms with Crippen LogP contribution in [0.1, 0.15) is 24.9 Å². The first-order chi connectivity index (χ1) is 13.2. The summed E-state index contributed by atoms with van der Waals surface area (Å²) in [6.07, 6.45) is 4.92. The van der Waals surface area contributed by atoms with Gasteiger partial charge >= 0.3 is 0 Å². The van der Waals surface area contributed by atoms with Crippen LogP contribution in [0.4, 0.5) is 5.82 Å². The molecular weight excluding hydrogens is 336 g/mol. The fourth-order valence-electron chi connectivity index (χ4n) is 4.31. The standard InChI is InChI=1S/C21H24N6/c1-14-8-10-26(12-15-5-3-2-4-6-15)13-18(14)27-19-16-7-9-23-21(16)24-11-17(19)20(22)25-27/h2-7,9,11,14,18H,8,10,12-13H2,1H3,(H2,22,25)(H,23,24)/t14-,18-/m0/s1. The van der Waals surface area contributed by atoms with Gasteiger partial charge in [0.25, 0.3) is 0 Å². The van der Waals surface area contributed by atoms with Gasteiger partial charge < -0.3 is 10.7 Å². The normalized spacial score (nSPS) is 21.2. The minimum absolute atomic E-state index is 0.294. The zero-order chi connectivity index (χ0) is 18.4. The molecule has 0 bridgehead atoms. The van der Waals surface area contributed by atoms with Crippen LogP contribution in [0.3, 0.4) is 0 Å². The summed E-state index contributed by atoms with van der Waals surface area (Å²) in [5.74, 6) is 1.11. The van der Waals surface area contributed by atoms with Crippen LogP contribution in [0.25, 0.3) is 21.9 Å². The predicted octanol–water partition coefficient (Wildman–Crippen LogP) is 3.58. The average Bonchev–Trinajstić information content (AvgIpc) is 3.28. The van der Waals surface area contributed by atoms with E-state index >= 15 is 0 Å². The van der Waals surface area contributed by atoms with Crippen molar-refractivity contribution < 1.29 is 0 Å². The molecule has 0 aliphatic carbocycles. The predicted molar refractivity (Wildman–Crippen MR) is 108 cm³/mol. The molecule has 0 spiro atoms. The number of fused-ring (bicyclic) bond motifs is 3. The number of likely N-dealkylation sites (tertiary alicyclic amines) is 1. The van der Waals surface area contributed by atoms with Crippen LogP contribution in [-0.4, -0.2) is 37.7 Å². The second-order valence-corrected chi connectivity index (χ2v) is 7.64. The summed E-state index contributed by atoms with van der Waals surface area (Å²) in [5, 5.41) is 6.78. The number of aromatic nitrogens is 4. The highest BCUT2D eigenvalue weighted by Crippen LogP contribution is 2.35. The number of nitrogens with one attached hydrogen (secondary N) is 1. The van der Waals surface area contributed by atoms with E-state index in [9.17, 15) is 0 Å². The molecule has 1 aromatic carbocycles. The number of benzene rings is 1. The van der Waals surface area contributed by atoms with E-state index in [-0.39, 0.29) is 0 Å². The Kier molecular flexibility index (Phi) is 3.86. The number of nitrogens with zero attached hydrogens (tertiary/aromatic N) is 4. The van der Waals surface area contributed by atoms with Crippen molar-refractivity contribution in [2.75, 3.05) is 18.8 Å². The fourth-order valence-corrected chi connectivity index (χ4v) is 4.31. The van der Waals surface area contributed by atoms with Crippen LogP contribution in [0.15, 0.2) is 48.8 Å². The quantitative estimate of drug-likeness (QED) is 0.585. The highest BCUT2D eigenvalue weighted by atomic mass is 15.3. The van der Waals surface area contributed by atoms with Crippen LogP contribution in [0.5, 0.6) is 0 Å². The Morgan fingerprint density at radius 3 is 2.89 bits per heavy atom. The van der Waals surface area contributed by atoms with Crippen molar-refractivity contribution in [3.8, 4) is 0 Å². The molecule has 6 heteroatoms. The summed E-state index contributed by atoms with van der Waals surface area (Å²) in [5.41, 5.74) is 9.58. The van der Waals surface area contributed by atoms with Gasteiger partial charge in [0.1, 0.15) is 5.65 Å².